The van der Waals surface area contributed by atoms with Crippen LogP contribution in [0.25, 0.3) is 0 Å². The van der Waals surface area contributed by atoms with Gasteiger partial charge in [0.05, 0.1) is 11.1 Å². The first-order valence-electron chi connectivity index (χ1n) is 6.44. The van der Waals surface area contributed by atoms with Crippen LogP contribution in [-0.4, -0.2) is 18.0 Å². The summed E-state index contributed by atoms with van der Waals surface area (Å²) in [6.45, 7) is 0.410. The number of hydrogen-bond donors (Lipinski definition) is 2. The monoisotopic (exact) mass is 250 g/mol. The van der Waals surface area contributed by atoms with E-state index in [1.54, 1.807) is 12.1 Å². The highest BCUT2D eigenvalue weighted by molar-refractivity contribution is 5.95. The summed E-state index contributed by atoms with van der Waals surface area (Å²) in [6, 6.07) is 6.03. The van der Waals surface area contributed by atoms with Crippen molar-refractivity contribution in [2.24, 2.45) is 5.73 Å². The SMILES string of the molecule is NCC1(NC(=O)c2ccccc2F)CCCCC1. The Morgan fingerprint density at radius 2 is 1.94 bits per heavy atom. The molecule has 0 aromatic heterocycles. The summed E-state index contributed by atoms with van der Waals surface area (Å²) in [5.74, 6) is -0.849. The minimum Gasteiger partial charge on any atom is -0.345 e. The maximum Gasteiger partial charge on any atom is 0.254 e. The van der Waals surface area contributed by atoms with Crippen LogP contribution < -0.4 is 11.1 Å². The predicted molar refractivity (Wildman–Crippen MR) is 68.7 cm³/mol. The quantitative estimate of drug-likeness (QED) is 0.864. The van der Waals surface area contributed by atoms with Crippen LogP contribution in [0.5, 0.6) is 0 Å². The average molecular weight is 250 g/mol. The Bertz CT molecular complexity index is 428. The van der Waals surface area contributed by atoms with E-state index >= 15 is 0 Å². The molecular weight excluding hydrogens is 231 g/mol. The van der Waals surface area contributed by atoms with Crippen molar-refractivity contribution in [2.45, 2.75) is 37.6 Å². The number of carbonyl (C=O) groups is 1. The van der Waals surface area contributed by atoms with E-state index in [-0.39, 0.29) is 17.0 Å². The Balaban J connectivity index is 2.13. The Kier molecular flexibility index (Phi) is 3.97. The number of hydrogen-bond acceptors (Lipinski definition) is 2. The molecule has 4 heteroatoms. The predicted octanol–water partition coefficient (Wildman–Crippen LogP) is 2.22. The molecule has 0 unspecified atom stereocenters. The standard InChI is InChI=1S/C14H19FN2O/c15-12-7-3-2-6-11(12)13(18)17-14(10-16)8-4-1-5-9-14/h2-3,6-7H,1,4-5,8-10,16H2,(H,17,18). The lowest BCUT2D eigenvalue weighted by Gasteiger charge is -2.37. The van der Waals surface area contributed by atoms with Crippen molar-refractivity contribution in [1.29, 1.82) is 0 Å². The zero-order chi connectivity index (χ0) is 13.0. The fraction of sp³-hybridized carbons (Fsp3) is 0.500. The number of nitrogens with two attached hydrogens (primary N) is 1. The van der Waals surface area contributed by atoms with Gasteiger partial charge in [0.15, 0.2) is 0 Å². The summed E-state index contributed by atoms with van der Waals surface area (Å²) in [5, 5.41) is 2.94. The van der Waals surface area contributed by atoms with E-state index in [0.717, 1.165) is 25.7 Å². The second-order valence-corrected chi connectivity index (χ2v) is 4.98. The van der Waals surface area contributed by atoms with E-state index in [2.05, 4.69) is 5.32 Å². The van der Waals surface area contributed by atoms with Gasteiger partial charge in [0.1, 0.15) is 5.82 Å². The molecule has 1 fully saturated rings. The normalized spacial score (nSPS) is 18.3. The van der Waals surface area contributed by atoms with Gasteiger partial charge in [-0.2, -0.15) is 0 Å². The molecule has 0 spiro atoms. The Morgan fingerprint density at radius 1 is 1.28 bits per heavy atom. The smallest absolute Gasteiger partial charge is 0.254 e. The van der Waals surface area contributed by atoms with Crippen molar-refractivity contribution in [3.63, 3.8) is 0 Å². The molecule has 3 nitrogen and oxygen atoms in total. The van der Waals surface area contributed by atoms with Crippen LogP contribution in [0.1, 0.15) is 42.5 Å². The van der Waals surface area contributed by atoms with Crippen LogP contribution in [0, 0.1) is 5.82 Å². The van der Waals surface area contributed by atoms with Crippen LogP contribution in [0.15, 0.2) is 24.3 Å². The molecule has 0 aliphatic heterocycles. The van der Waals surface area contributed by atoms with Gasteiger partial charge in [-0.25, -0.2) is 4.39 Å². The lowest BCUT2D eigenvalue weighted by Crippen LogP contribution is -2.54. The molecule has 1 aromatic carbocycles. The molecule has 0 heterocycles. The number of nitrogens with one attached hydrogen (secondary N) is 1. The molecule has 1 aliphatic rings. The van der Waals surface area contributed by atoms with Crippen LogP contribution in [-0.2, 0) is 0 Å². The highest BCUT2D eigenvalue weighted by Crippen LogP contribution is 2.27. The third-order valence-electron chi connectivity index (χ3n) is 3.70. The summed E-state index contributed by atoms with van der Waals surface area (Å²) >= 11 is 0. The largest absolute Gasteiger partial charge is 0.345 e. The summed E-state index contributed by atoms with van der Waals surface area (Å²) in [4.78, 5) is 12.1. The molecule has 1 amide bonds. The third-order valence-corrected chi connectivity index (χ3v) is 3.70. The molecule has 1 aromatic rings. The molecule has 98 valence electrons. The van der Waals surface area contributed by atoms with E-state index < -0.39 is 5.82 Å². The first kappa shape index (κ1) is 13.0. The molecule has 2 rings (SSSR count). The van der Waals surface area contributed by atoms with Gasteiger partial charge in [-0.05, 0) is 25.0 Å². The lowest BCUT2D eigenvalue weighted by atomic mass is 9.81. The number of halogens is 1. The van der Waals surface area contributed by atoms with E-state index in [1.807, 2.05) is 0 Å². The summed E-state index contributed by atoms with van der Waals surface area (Å²) in [6.07, 6.45) is 5.06. The molecular formula is C14H19FN2O. The van der Waals surface area contributed by atoms with E-state index in [4.69, 9.17) is 5.73 Å². The maximum absolute atomic E-state index is 13.5. The topological polar surface area (TPSA) is 55.1 Å². The van der Waals surface area contributed by atoms with Crippen molar-refractivity contribution in [1.82, 2.24) is 5.32 Å². The second kappa shape index (κ2) is 5.48. The number of benzene rings is 1. The van der Waals surface area contributed by atoms with Gasteiger partial charge < -0.3 is 11.1 Å². The van der Waals surface area contributed by atoms with E-state index in [1.165, 1.54) is 18.6 Å². The van der Waals surface area contributed by atoms with Gasteiger partial charge in [0, 0.05) is 6.54 Å². The van der Waals surface area contributed by atoms with Crippen LogP contribution >= 0.6 is 0 Å². The second-order valence-electron chi connectivity index (χ2n) is 4.98. The van der Waals surface area contributed by atoms with Crippen molar-refractivity contribution >= 4 is 5.91 Å². The van der Waals surface area contributed by atoms with Crippen molar-refractivity contribution in [3.8, 4) is 0 Å². The summed E-state index contributed by atoms with van der Waals surface area (Å²) in [7, 11) is 0. The molecule has 0 radical (unpaired) electrons. The number of carbonyl (C=O) groups excluding carboxylic acids is 1. The highest BCUT2D eigenvalue weighted by Gasteiger charge is 2.32. The van der Waals surface area contributed by atoms with Gasteiger partial charge >= 0.3 is 0 Å². The number of amides is 1. The Morgan fingerprint density at radius 3 is 2.56 bits per heavy atom. The van der Waals surface area contributed by atoms with Crippen LogP contribution in [0.4, 0.5) is 4.39 Å². The van der Waals surface area contributed by atoms with Gasteiger partial charge in [-0.1, -0.05) is 31.4 Å². The highest BCUT2D eigenvalue weighted by atomic mass is 19.1. The third kappa shape index (κ3) is 2.70. The summed E-state index contributed by atoms with van der Waals surface area (Å²) in [5.41, 5.74) is 5.54. The molecule has 0 atom stereocenters. The molecule has 18 heavy (non-hydrogen) atoms. The molecule has 3 N–H and O–H groups in total. The maximum atomic E-state index is 13.5. The zero-order valence-corrected chi connectivity index (χ0v) is 10.4. The van der Waals surface area contributed by atoms with Crippen molar-refractivity contribution in [3.05, 3.63) is 35.6 Å². The van der Waals surface area contributed by atoms with E-state index in [0.29, 0.717) is 6.54 Å². The van der Waals surface area contributed by atoms with Crippen LogP contribution in [0.3, 0.4) is 0 Å². The summed E-state index contributed by atoms with van der Waals surface area (Å²) < 4.78 is 13.5. The van der Waals surface area contributed by atoms with E-state index in [9.17, 15) is 9.18 Å². The fourth-order valence-corrected chi connectivity index (χ4v) is 2.56. The van der Waals surface area contributed by atoms with Gasteiger partial charge in [0.25, 0.3) is 5.91 Å². The average Bonchev–Trinajstić information content (AvgIpc) is 2.40. The van der Waals surface area contributed by atoms with Crippen molar-refractivity contribution in [2.75, 3.05) is 6.54 Å². The van der Waals surface area contributed by atoms with Crippen LogP contribution in [0.2, 0.25) is 0 Å². The molecule has 1 aliphatic carbocycles. The fourth-order valence-electron chi connectivity index (χ4n) is 2.56. The molecule has 0 saturated heterocycles. The molecule has 1 saturated carbocycles. The van der Waals surface area contributed by atoms with Gasteiger partial charge in [0.2, 0.25) is 0 Å². The minimum absolute atomic E-state index is 0.0934. The zero-order valence-electron chi connectivity index (χ0n) is 10.4. The van der Waals surface area contributed by atoms with Crippen molar-refractivity contribution < 1.29 is 9.18 Å². The molecule has 0 bridgehead atoms. The lowest BCUT2D eigenvalue weighted by molar-refractivity contribution is 0.0870. The number of rotatable bonds is 3. The minimum atomic E-state index is -0.488. The first-order valence-corrected chi connectivity index (χ1v) is 6.44. The Labute approximate surface area is 107 Å². The van der Waals surface area contributed by atoms with Gasteiger partial charge in [-0.15, -0.1) is 0 Å². The van der Waals surface area contributed by atoms with Gasteiger partial charge in [-0.3, -0.25) is 4.79 Å². The Hall–Kier alpha value is -1.42. The first-order chi connectivity index (χ1) is 8.67.